The van der Waals surface area contributed by atoms with Crippen molar-refractivity contribution in [1.29, 1.82) is 0 Å². The number of rotatable bonds is 6. The fourth-order valence-corrected chi connectivity index (χ4v) is 1.74. The van der Waals surface area contributed by atoms with Gasteiger partial charge in [-0.2, -0.15) is 0 Å². The average molecular weight is 259 g/mol. The lowest BCUT2D eigenvalue weighted by molar-refractivity contribution is 0.201. The van der Waals surface area contributed by atoms with Gasteiger partial charge in [-0.25, -0.2) is 12.8 Å². The number of hydrogen-bond donors (Lipinski definition) is 0. The van der Waals surface area contributed by atoms with Crippen LogP contribution in [0.5, 0.6) is 5.75 Å². The van der Waals surface area contributed by atoms with Gasteiger partial charge in [-0.05, 0) is 24.3 Å². The zero-order chi connectivity index (χ0) is 12.9. The molecule has 5 nitrogen and oxygen atoms in total. The summed E-state index contributed by atoms with van der Waals surface area (Å²) in [6.07, 6.45) is -0.293. The summed E-state index contributed by atoms with van der Waals surface area (Å²) in [5.41, 5.74) is 8.12. The van der Waals surface area contributed by atoms with E-state index in [-0.39, 0.29) is 18.0 Å². The average Bonchev–Trinajstić information content (AvgIpc) is 2.26. The number of sulfone groups is 1. The lowest BCUT2D eigenvalue weighted by atomic mass is 10.3. The van der Waals surface area contributed by atoms with E-state index in [0.717, 1.165) is 6.26 Å². The van der Waals surface area contributed by atoms with Gasteiger partial charge >= 0.3 is 0 Å². The van der Waals surface area contributed by atoms with Crippen molar-refractivity contribution in [2.24, 2.45) is 5.11 Å². The van der Waals surface area contributed by atoms with E-state index in [9.17, 15) is 12.8 Å². The van der Waals surface area contributed by atoms with E-state index in [1.165, 1.54) is 24.3 Å². The van der Waals surface area contributed by atoms with Crippen LogP contribution in [0.25, 0.3) is 5.53 Å². The maximum absolute atomic E-state index is 12.9. The summed E-state index contributed by atoms with van der Waals surface area (Å²) in [4.78, 5) is 0.173. The van der Waals surface area contributed by atoms with E-state index >= 15 is 0 Å². The van der Waals surface area contributed by atoms with E-state index in [0.29, 0.717) is 5.75 Å². The van der Waals surface area contributed by atoms with Crippen LogP contribution >= 0.6 is 0 Å². The maximum Gasteiger partial charge on any atom is 0.175 e. The van der Waals surface area contributed by atoms with Gasteiger partial charge in [-0.15, -0.1) is 0 Å². The molecule has 94 valence electrons. The third kappa shape index (κ3) is 4.48. The molecule has 0 spiro atoms. The first-order valence-corrected chi connectivity index (χ1v) is 6.70. The summed E-state index contributed by atoms with van der Waals surface area (Å²) in [6, 6.07) is 5.65. The van der Waals surface area contributed by atoms with Gasteiger partial charge in [0.25, 0.3) is 0 Å². The first kappa shape index (κ1) is 13.6. The van der Waals surface area contributed by atoms with Crippen LogP contribution in [0.15, 0.2) is 34.3 Å². The predicted octanol–water partition coefficient (Wildman–Crippen LogP) is 1.83. The third-order valence-corrected chi connectivity index (χ3v) is 3.09. The molecule has 0 aromatic heterocycles. The van der Waals surface area contributed by atoms with Crippen LogP contribution in [0.4, 0.5) is 4.39 Å². The highest BCUT2D eigenvalue weighted by molar-refractivity contribution is 7.90. The van der Waals surface area contributed by atoms with Crippen molar-refractivity contribution < 1.29 is 17.5 Å². The standard InChI is InChI=1S/C10H12FN2O3S/c1-17(14,15)10-4-2-9(3-5-10)16-7-8(11)6-13-12/h2-5,8H,6-7H2,1H3/q-1/t8-/m1/s1. The zero-order valence-corrected chi connectivity index (χ0v) is 10.0. The maximum atomic E-state index is 12.9. The third-order valence-electron chi connectivity index (χ3n) is 1.96. The van der Waals surface area contributed by atoms with E-state index in [1.807, 2.05) is 0 Å². The van der Waals surface area contributed by atoms with Crippen LogP contribution in [0.1, 0.15) is 0 Å². The second-order valence-electron chi connectivity index (χ2n) is 3.48. The molecule has 0 saturated heterocycles. The Morgan fingerprint density at radius 1 is 1.41 bits per heavy atom. The fraction of sp³-hybridized carbons (Fsp3) is 0.400. The minimum absolute atomic E-state index is 0.173. The Bertz CT molecular complexity index is 473. The molecule has 0 N–H and O–H groups in total. The van der Waals surface area contributed by atoms with Gasteiger partial charge in [-0.3, -0.25) is 0 Å². The largest absolute Gasteiger partial charge is 0.712 e. The Kier molecular flexibility index (Phi) is 4.56. The van der Waals surface area contributed by atoms with Crippen molar-refractivity contribution in [1.82, 2.24) is 0 Å². The summed E-state index contributed by atoms with van der Waals surface area (Å²) < 4.78 is 40.2. The summed E-state index contributed by atoms with van der Waals surface area (Å²) >= 11 is 0. The first-order valence-electron chi connectivity index (χ1n) is 4.81. The van der Waals surface area contributed by atoms with E-state index < -0.39 is 16.0 Å². The van der Waals surface area contributed by atoms with Gasteiger partial charge < -0.3 is 15.4 Å². The molecular formula is C10H12FN2O3S-. The normalized spacial score (nSPS) is 13.1. The molecule has 0 bridgehead atoms. The van der Waals surface area contributed by atoms with E-state index in [2.05, 4.69) is 5.11 Å². The van der Waals surface area contributed by atoms with Crippen molar-refractivity contribution in [3.05, 3.63) is 29.8 Å². The summed E-state index contributed by atoms with van der Waals surface area (Å²) in [5, 5.41) is 2.66. The second kappa shape index (κ2) is 5.72. The molecule has 7 heteroatoms. The number of benzene rings is 1. The van der Waals surface area contributed by atoms with Gasteiger partial charge in [0.1, 0.15) is 12.4 Å². The van der Waals surface area contributed by atoms with Crippen LogP contribution in [0, 0.1) is 0 Å². The molecule has 1 atom stereocenters. The van der Waals surface area contributed by atoms with Gasteiger partial charge in [0.05, 0.1) is 11.4 Å². The molecule has 1 rings (SSSR count). The van der Waals surface area contributed by atoms with Crippen molar-refractivity contribution in [3.8, 4) is 5.75 Å². The van der Waals surface area contributed by atoms with Crippen LogP contribution in [-0.4, -0.2) is 34.0 Å². The lowest BCUT2D eigenvalue weighted by Gasteiger charge is -2.09. The molecule has 0 aliphatic rings. The first-order chi connectivity index (χ1) is 7.93. The molecule has 1 aromatic carbocycles. The fourth-order valence-electron chi connectivity index (χ4n) is 1.11. The molecule has 17 heavy (non-hydrogen) atoms. The summed E-state index contributed by atoms with van der Waals surface area (Å²) in [6.45, 7) is -0.594. The van der Waals surface area contributed by atoms with Crippen molar-refractivity contribution in [2.75, 3.05) is 19.4 Å². The van der Waals surface area contributed by atoms with Crippen molar-refractivity contribution in [2.45, 2.75) is 11.1 Å². The molecule has 0 saturated carbocycles. The Balaban J connectivity index is 2.60. The zero-order valence-electron chi connectivity index (χ0n) is 9.21. The Hall–Kier alpha value is -1.50. The molecule has 0 aliphatic heterocycles. The molecule has 0 unspecified atom stereocenters. The molecule has 0 amide bonds. The van der Waals surface area contributed by atoms with Crippen LogP contribution in [-0.2, 0) is 9.84 Å². The second-order valence-corrected chi connectivity index (χ2v) is 5.49. The lowest BCUT2D eigenvalue weighted by Crippen LogP contribution is -2.15. The predicted molar refractivity (Wildman–Crippen MR) is 60.6 cm³/mol. The van der Waals surface area contributed by atoms with Gasteiger partial charge in [0, 0.05) is 6.26 Å². The molecule has 0 aliphatic carbocycles. The number of alkyl halides is 1. The number of ether oxygens (including phenoxy) is 1. The molecule has 0 fully saturated rings. The van der Waals surface area contributed by atoms with Gasteiger partial charge in [0.15, 0.2) is 16.0 Å². The molecule has 0 heterocycles. The Labute approximate surface area is 99.0 Å². The van der Waals surface area contributed by atoms with Crippen molar-refractivity contribution in [3.63, 3.8) is 0 Å². The molecule has 0 radical (unpaired) electrons. The smallest absolute Gasteiger partial charge is 0.175 e. The van der Waals surface area contributed by atoms with Gasteiger partial charge in [0.2, 0.25) is 0 Å². The Morgan fingerprint density at radius 3 is 2.47 bits per heavy atom. The summed E-state index contributed by atoms with van der Waals surface area (Å²) in [7, 11) is -3.24. The van der Waals surface area contributed by atoms with Crippen molar-refractivity contribution >= 4 is 9.84 Å². The number of hydrogen-bond acceptors (Lipinski definition) is 4. The quantitative estimate of drug-likeness (QED) is 0.731. The minimum atomic E-state index is -3.24. The molecular weight excluding hydrogens is 247 g/mol. The van der Waals surface area contributed by atoms with Crippen LogP contribution < -0.4 is 4.74 Å². The summed E-state index contributed by atoms with van der Waals surface area (Å²) in [5.74, 6) is 0.359. The topological polar surface area (TPSA) is 78.0 Å². The van der Waals surface area contributed by atoms with E-state index in [4.69, 9.17) is 10.3 Å². The van der Waals surface area contributed by atoms with Gasteiger partial charge in [-0.1, -0.05) is 0 Å². The highest BCUT2D eigenvalue weighted by Crippen LogP contribution is 2.16. The van der Waals surface area contributed by atoms with E-state index in [1.54, 1.807) is 0 Å². The highest BCUT2D eigenvalue weighted by atomic mass is 32.2. The Morgan fingerprint density at radius 2 is 2.00 bits per heavy atom. The number of halogens is 1. The monoisotopic (exact) mass is 259 g/mol. The minimum Gasteiger partial charge on any atom is -0.712 e. The SMILES string of the molecule is CS(=O)(=O)c1ccc(OC[C@H](F)CN=[N-])cc1. The van der Waals surface area contributed by atoms with Crippen LogP contribution in [0.3, 0.4) is 0 Å². The molecule has 1 aromatic rings. The van der Waals surface area contributed by atoms with Crippen LogP contribution in [0.2, 0.25) is 0 Å². The highest BCUT2D eigenvalue weighted by Gasteiger charge is 2.08. The number of nitrogens with zero attached hydrogens (tertiary/aromatic N) is 2.